The van der Waals surface area contributed by atoms with E-state index in [1.54, 1.807) is 6.92 Å². The van der Waals surface area contributed by atoms with Crippen LogP contribution < -0.4 is 0 Å². The fraction of sp³-hybridized carbons (Fsp3) is 0.889. The molecule has 0 aromatic heterocycles. The molecule has 1 fully saturated rings. The average molecular weight is 251 g/mol. The van der Waals surface area contributed by atoms with E-state index in [0.29, 0.717) is 13.0 Å². The molecule has 0 unspecified atom stereocenters. The molecule has 0 aliphatic heterocycles. The summed E-state index contributed by atoms with van der Waals surface area (Å²) in [5, 5.41) is 9.51. The molecule has 1 aliphatic carbocycles. The van der Waals surface area contributed by atoms with Crippen LogP contribution >= 0.6 is 15.9 Å². The second-order valence-electron chi connectivity index (χ2n) is 3.35. The average Bonchev–Trinajstić information content (AvgIpc) is 2.10. The number of rotatable bonds is 2. The van der Waals surface area contributed by atoms with Crippen molar-refractivity contribution < 1.29 is 14.6 Å². The summed E-state index contributed by atoms with van der Waals surface area (Å²) >= 11 is 3.37. The summed E-state index contributed by atoms with van der Waals surface area (Å²) in [5.41, 5.74) is 0. The Hall–Kier alpha value is -0.0900. The zero-order valence-electron chi connectivity index (χ0n) is 7.70. The predicted molar refractivity (Wildman–Crippen MR) is 52.7 cm³/mol. The number of esters is 1. The fourth-order valence-electron chi connectivity index (χ4n) is 1.58. The van der Waals surface area contributed by atoms with Crippen molar-refractivity contribution in [1.82, 2.24) is 0 Å². The van der Waals surface area contributed by atoms with Crippen LogP contribution in [0.2, 0.25) is 0 Å². The number of alkyl halides is 1. The molecular formula is C9H15BrO3. The molecule has 1 aliphatic rings. The molecule has 1 rings (SSSR count). The maximum Gasteiger partial charge on any atom is 0.309 e. The molecule has 13 heavy (non-hydrogen) atoms. The smallest absolute Gasteiger partial charge is 0.309 e. The molecule has 0 saturated heterocycles. The van der Waals surface area contributed by atoms with Crippen molar-refractivity contribution in [3.8, 4) is 0 Å². The normalized spacial score (nSPS) is 34.2. The monoisotopic (exact) mass is 250 g/mol. The van der Waals surface area contributed by atoms with Crippen LogP contribution in [0.25, 0.3) is 0 Å². The van der Waals surface area contributed by atoms with E-state index in [9.17, 15) is 9.90 Å². The van der Waals surface area contributed by atoms with E-state index in [0.717, 1.165) is 12.8 Å². The zero-order valence-corrected chi connectivity index (χ0v) is 9.29. The molecule has 3 atom stereocenters. The summed E-state index contributed by atoms with van der Waals surface area (Å²) in [6.45, 7) is 2.22. The molecule has 0 spiro atoms. The molecule has 1 N–H and O–H groups in total. The first kappa shape index (κ1) is 11.0. The third kappa shape index (κ3) is 2.95. The highest BCUT2D eigenvalue weighted by atomic mass is 79.9. The van der Waals surface area contributed by atoms with Crippen LogP contribution in [0.15, 0.2) is 0 Å². The van der Waals surface area contributed by atoms with Crippen molar-refractivity contribution >= 4 is 21.9 Å². The van der Waals surface area contributed by atoms with Crippen molar-refractivity contribution in [2.75, 3.05) is 6.61 Å². The molecule has 0 heterocycles. The number of hydrogen-bond acceptors (Lipinski definition) is 3. The van der Waals surface area contributed by atoms with Crippen molar-refractivity contribution in [1.29, 1.82) is 0 Å². The van der Waals surface area contributed by atoms with E-state index in [1.165, 1.54) is 0 Å². The van der Waals surface area contributed by atoms with Crippen LogP contribution in [0.4, 0.5) is 0 Å². The van der Waals surface area contributed by atoms with Crippen LogP contribution in [0.1, 0.15) is 26.2 Å². The lowest BCUT2D eigenvalue weighted by Gasteiger charge is -2.28. The number of hydrogen-bond donors (Lipinski definition) is 1. The van der Waals surface area contributed by atoms with Gasteiger partial charge in [0.05, 0.1) is 18.6 Å². The molecule has 0 aromatic rings. The summed E-state index contributed by atoms with van der Waals surface area (Å²) in [7, 11) is 0. The Labute approximate surface area is 86.6 Å². The number of carbonyl (C=O) groups is 1. The van der Waals surface area contributed by atoms with Crippen LogP contribution in [0.3, 0.4) is 0 Å². The Morgan fingerprint density at radius 3 is 2.85 bits per heavy atom. The first-order valence-electron chi connectivity index (χ1n) is 4.64. The van der Waals surface area contributed by atoms with Gasteiger partial charge in [-0.2, -0.15) is 0 Å². The van der Waals surface area contributed by atoms with E-state index >= 15 is 0 Å². The molecule has 0 bridgehead atoms. The van der Waals surface area contributed by atoms with Gasteiger partial charge in [0.15, 0.2) is 0 Å². The van der Waals surface area contributed by atoms with Crippen LogP contribution in [0.5, 0.6) is 0 Å². The maximum absolute atomic E-state index is 11.3. The first-order valence-corrected chi connectivity index (χ1v) is 5.55. The maximum atomic E-state index is 11.3. The van der Waals surface area contributed by atoms with Crippen molar-refractivity contribution in [2.45, 2.75) is 37.1 Å². The molecule has 76 valence electrons. The molecule has 4 heteroatoms. The van der Waals surface area contributed by atoms with E-state index in [4.69, 9.17) is 4.74 Å². The zero-order chi connectivity index (χ0) is 9.84. The van der Waals surface area contributed by atoms with Gasteiger partial charge in [-0.25, -0.2) is 0 Å². The fourth-order valence-corrected chi connectivity index (χ4v) is 2.06. The highest BCUT2D eigenvalue weighted by Crippen LogP contribution is 2.29. The van der Waals surface area contributed by atoms with E-state index in [2.05, 4.69) is 15.9 Å². The highest BCUT2D eigenvalue weighted by molar-refractivity contribution is 9.09. The standard InChI is InChI=1S/C9H15BrO3/c1-2-13-9(12)6-3-4-7(10)8(11)5-6/h6-8,11H,2-5H2,1H3/t6-,7+,8-/m1/s1. The second kappa shape index (κ2) is 4.96. The van der Waals surface area contributed by atoms with Gasteiger partial charge in [-0.15, -0.1) is 0 Å². The molecular weight excluding hydrogens is 236 g/mol. The third-order valence-electron chi connectivity index (χ3n) is 2.35. The van der Waals surface area contributed by atoms with Crippen molar-refractivity contribution in [2.24, 2.45) is 5.92 Å². The van der Waals surface area contributed by atoms with Gasteiger partial charge in [0.25, 0.3) is 0 Å². The van der Waals surface area contributed by atoms with Crippen LogP contribution in [-0.2, 0) is 9.53 Å². The Balaban J connectivity index is 2.40. The minimum Gasteiger partial charge on any atom is -0.466 e. The van der Waals surface area contributed by atoms with Gasteiger partial charge in [-0.05, 0) is 26.2 Å². The summed E-state index contributed by atoms with van der Waals surface area (Å²) in [4.78, 5) is 11.4. The predicted octanol–water partition coefficient (Wildman–Crippen LogP) is 1.47. The largest absolute Gasteiger partial charge is 0.466 e. The van der Waals surface area contributed by atoms with Gasteiger partial charge in [0, 0.05) is 4.83 Å². The van der Waals surface area contributed by atoms with Gasteiger partial charge < -0.3 is 9.84 Å². The third-order valence-corrected chi connectivity index (χ3v) is 3.42. The van der Waals surface area contributed by atoms with Crippen molar-refractivity contribution in [3.05, 3.63) is 0 Å². The van der Waals surface area contributed by atoms with Gasteiger partial charge in [-0.1, -0.05) is 15.9 Å². The topological polar surface area (TPSA) is 46.5 Å². The Bertz CT molecular complexity index is 184. The molecule has 1 saturated carbocycles. The highest BCUT2D eigenvalue weighted by Gasteiger charge is 2.31. The minimum atomic E-state index is -0.414. The molecule has 0 radical (unpaired) electrons. The SMILES string of the molecule is CCOC(=O)[C@@H]1CC[C@H](Br)[C@H](O)C1. The summed E-state index contributed by atoms with van der Waals surface area (Å²) in [5.74, 6) is -0.273. The number of ether oxygens (including phenoxy) is 1. The molecule has 3 nitrogen and oxygen atoms in total. The van der Waals surface area contributed by atoms with Crippen molar-refractivity contribution in [3.63, 3.8) is 0 Å². The van der Waals surface area contributed by atoms with Gasteiger partial charge in [-0.3, -0.25) is 4.79 Å². The number of aliphatic hydroxyl groups is 1. The first-order chi connectivity index (χ1) is 6.15. The Kier molecular flexibility index (Phi) is 4.19. The lowest BCUT2D eigenvalue weighted by atomic mass is 9.87. The molecule has 0 aromatic carbocycles. The summed E-state index contributed by atoms with van der Waals surface area (Å²) < 4.78 is 4.90. The van der Waals surface area contributed by atoms with Crippen LogP contribution in [-0.4, -0.2) is 28.6 Å². The van der Waals surface area contributed by atoms with Gasteiger partial charge >= 0.3 is 5.97 Å². The van der Waals surface area contributed by atoms with E-state index in [1.807, 2.05) is 0 Å². The van der Waals surface area contributed by atoms with Gasteiger partial charge in [0.2, 0.25) is 0 Å². The Morgan fingerprint density at radius 2 is 2.31 bits per heavy atom. The van der Waals surface area contributed by atoms with E-state index in [-0.39, 0.29) is 16.7 Å². The second-order valence-corrected chi connectivity index (χ2v) is 4.52. The number of carbonyl (C=O) groups excluding carboxylic acids is 1. The number of aliphatic hydroxyl groups excluding tert-OH is 1. The molecule has 0 amide bonds. The lowest BCUT2D eigenvalue weighted by Crippen LogP contribution is -2.33. The quantitative estimate of drug-likeness (QED) is 0.597. The van der Waals surface area contributed by atoms with E-state index < -0.39 is 6.10 Å². The van der Waals surface area contributed by atoms with Gasteiger partial charge in [0.1, 0.15) is 0 Å². The lowest BCUT2D eigenvalue weighted by molar-refractivity contribution is -0.150. The number of halogens is 1. The minimum absolute atomic E-state index is 0.108. The Morgan fingerprint density at radius 1 is 1.62 bits per heavy atom. The summed E-state index contributed by atoms with van der Waals surface area (Å²) in [6, 6.07) is 0. The van der Waals surface area contributed by atoms with Crippen LogP contribution in [0, 0.1) is 5.92 Å². The summed E-state index contributed by atoms with van der Waals surface area (Å²) in [6.07, 6.45) is 1.76.